The zero-order chi connectivity index (χ0) is 10.8. The smallest absolute Gasteiger partial charge is 0.225 e. The number of carbonyl (C=O) groups excluding carboxylic acids is 1. The Bertz CT molecular complexity index is 243. The first kappa shape index (κ1) is 10.9. The molecule has 2 N–H and O–H groups in total. The van der Waals surface area contributed by atoms with Gasteiger partial charge in [0.1, 0.15) is 0 Å². The van der Waals surface area contributed by atoms with E-state index < -0.39 is 0 Å². The minimum absolute atomic E-state index is 0.0590. The maximum Gasteiger partial charge on any atom is 0.225 e. The van der Waals surface area contributed by atoms with Crippen molar-refractivity contribution in [1.82, 2.24) is 10.6 Å². The van der Waals surface area contributed by atoms with Crippen LogP contribution in [0.25, 0.3) is 0 Å². The van der Waals surface area contributed by atoms with Crippen molar-refractivity contribution in [1.29, 1.82) is 0 Å². The van der Waals surface area contributed by atoms with Crippen molar-refractivity contribution in [2.24, 2.45) is 11.8 Å². The van der Waals surface area contributed by atoms with Gasteiger partial charge in [-0.3, -0.25) is 4.79 Å². The van der Waals surface area contributed by atoms with Gasteiger partial charge in [0.15, 0.2) is 0 Å². The highest BCUT2D eigenvalue weighted by Gasteiger charge is 2.41. The van der Waals surface area contributed by atoms with Gasteiger partial charge in [0, 0.05) is 19.6 Å². The fourth-order valence-corrected chi connectivity index (χ4v) is 2.25. The number of amides is 1. The van der Waals surface area contributed by atoms with Gasteiger partial charge in [0.2, 0.25) is 5.91 Å². The summed E-state index contributed by atoms with van der Waals surface area (Å²) in [6.07, 6.45) is 1.22. The number of hydrogen-bond donors (Lipinski definition) is 2. The molecule has 0 unspecified atom stereocenters. The Morgan fingerprint density at radius 1 is 1.53 bits per heavy atom. The maximum absolute atomic E-state index is 11.9. The van der Waals surface area contributed by atoms with Gasteiger partial charge >= 0.3 is 0 Å². The second-order valence-electron chi connectivity index (χ2n) is 4.94. The largest absolute Gasteiger partial charge is 0.371 e. The van der Waals surface area contributed by atoms with Crippen LogP contribution in [-0.2, 0) is 9.53 Å². The van der Waals surface area contributed by atoms with E-state index in [0.29, 0.717) is 5.92 Å². The van der Waals surface area contributed by atoms with Gasteiger partial charge in [-0.15, -0.1) is 0 Å². The van der Waals surface area contributed by atoms with Crippen LogP contribution in [0, 0.1) is 11.8 Å². The van der Waals surface area contributed by atoms with E-state index >= 15 is 0 Å². The lowest BCUT2D eigenvalue weighted by atomic mass is 9.99. The Morgan fingerprint density at radius 2 is 2.33 bits per heavy atom. The molecule has 2 aliphatic heterocycles. The molecule has 2 rings (SSSR count). The van der Waals surface area contributed by atoms with Crippen LogP contribution in [0.4, 0.5) is 0 Å². The van der Waals surface area contributed by atoms with E-state index in [1.807, 2.05) is 0 Å². The number of fused-ring (bicyclic) bond motifs is 2. The van der Waals surface area contributed by atoms with E-state index in [1.54, 1.807) is 0 Å². The summed E-state index contributed by atoms with van der Waals surface area (Å²) >= 11 is 0. The van der Waals surface area contributed by atoms with Gasteiger partial charge < -0.3 is 15.4 Å². The average Bonchev–Trinajstić information content (AvgIpc) is 2.50. The number of ether oxygens (including phenoxy) is 1. The van der Waals surface area contributed by atoms with Crippen molar-refractivity contribution in [3.05, 3.63) is 0 Å². The molecule has 0 aromatic heterocycles. The summed E-state index contributed by atoms with van der Waals surface area (Å²) < 4.78 is 5.71. The summed E-state index contributed by atoms with van der Waals surface area (Å²) in [5.41, 5.74) is 0. The molecule has 15 heavy (non-hydrogen) atoms. The highest BCUT2D eigenvalue weighted by molar-refractivity contribution is 5.79. The fourth-order valence-electron chi connectivity index (χ4n) is 2.25. The summed E-state index contributed by atoms with van der Waals surface area (Å²) in [7, 11) is 0. The molecule has 0 aromatic carbocycles. The van der Waals surface area contributed by atoms with Crippen LogP contribution in [-0.4, -0.2) is 37.7 Å². The minimum Gasteiger partial charge on any atom is -0.371 e. The molecule has 0 saturated carbocycles. The van der Waals surface area contributed by atoms with Crippen LogP contribution in [0.1, 0.15) is 20.3 Å². The molecule has 0 spiro atoms. The zero-order valence-corrected chi connectivity index (χ0v) is 9.45. The summed E-state index contributed by atoms with van der Waals surface area (Å²) in [6, 6.07) is 0. The number of rotatable bonds is 3. The molecule has 2 heterocycles. The summed E-state index contributed by atoms with van der Waals surface area (Å²) in [5, 5.41) is 6.28. The predicted molar refractivity (Wildman–Crippen MR) is 57.5 cm³/mol. The molecule has 0 aliphatic carbocycles. The SMILES string of the molecule is CC(C)CNC(=O)[C@H]1C[C@@H]2CNC[C@H]1O2. The summed E-state index contributed by atoms with van der Waals surface area (Å²) in [6.45, 7) is 6.68. The molecule has 86 valence electrons. The van der Waals surface area contributed by atoms with Gasteiger partial charge in [0.05, 0.1) is 18.1 Å². The van der Waals surface area contributed by atoms with Gasteiger partial charge in [-0.05, 0) is 12.3 Å². The highest BCUT2D eigenvalue weighted by atomic mass is 16.5. The normalized spacial score (nSPS) is 34.5. The monoisotopic (exact) mass is 212 g/mol. The molecule has 4 nitrogen and oxygen atoms in total. The summed E-state index contributed by atoms with van der Waals surface area (Å²) in [5.74, 6) is 0.734. The van der Waals surface area contributed by atoms with Crippen molar-refractivity contribution in [3.63, 3.8) is 0 Å². The van der Waals surface area contributed by atoms with E-state index in [9.17, 15) is 4.79 Å². The van der Waals surface area contributed by atoms with Crippen LogP contribution in [0.2, 0.25) is 0 Å². The van der Waals surface area contributed by atoms with Crippen molar-refractivity contribution < 1.29 is 9.53 Å². The van der Waals surface area contributed by atoms with Crippen LogP contribution in [0.5, 0.6) is 0 Å². The predicted octanol–water partition coefficient (Wildman–Crippen LogP) is 0.136. The van der Waals surface area contributed by atoms with Gasteiger partial charge in [-0.1, -0.05) is 13.8 Å². The molecule has 4 heteroatoms. The number of nitrogens with one attached hydrogen (secondary N) is 2. The average molecular weight is 212 g/mol. The van der Waals surface area contributed by atoms with E-state index in [1.165, 1.54) is 0 Å². The van der Waals surface area contributed by atoms with Crippen LogP contribution in [0.3, 0.4) is 0 Å². The lowest BCUT2D eigenvalue weighted by Crippen LogP contribution is -2.43. The molecule has 0 aromatic rings. The molecule has 2 fully saturated rings. The molecule has 1 amide bonds. The first-order valence-electron chi connectivity index (χ1n) is 5.80. The molecule has 3 atom stereocenters. The van der Waals surface area contributed by atoms with Crippen molar-refractivity contribution >= 4 is 5.91 Å². The van der Waals surface area contributed by atoms with E-state index in [0.717, 1.165) is 26.1 Å². The number of carbonyl (C=O) groups is 1. The fraction of sp³-hybridized carbons (Fsp3) is 0.909. The Morgan fingerprint density at radius 3 is 3.00 bits per heavy atom. The molecule has 2 bridgehead atoms. The van der Waals surface area contributed by atoms with Gasteiger partial charge in [-0.2, -0.15) is 0 Å². The second-order valence-corrected chi connectivity index (χ2v) is 4.94. The van der Waals surface area contributed by atoms with Gasteiger partial charge in [-0.25, -0.2) is 0 Å². The molecule has 2 aliphatic rings. The van der Waals surface area contributed by atoms with Gasteiger partial charge in [0.25, 0.3) is 0 Å². The first-order valence-corrected chi connectivity index (χ1v) is 5.80. The highest BCUT2D eigenvalue weighted by Crippen LogP contribution is 2.28. The van der Waals surface area contributed by atoms with E-state index in [-0.39, 0.29) is 24.0 Å². The third kappa shape index (κ3) is 2.49. The Balaban J connectivity index is 1.85. The van der Waals surface area contributed by atoms with Crippen molar-refractivity contribution in [3.8, 4) is 0 Å². The molecular weight excluding hydrogens is 192 g/mol. The minimum atomic E-state index is 0.0590. The first-order chi connectivity index (χ1) is 7.16. The number of morpholine rings is 1. The third-order valence-electron chi connectivity index (χ3n) is 3.07. The van der Waals surface area contributed by atoms with Crippen LogP contribution >= 0.6 is 0 Å². The number of hydrogen-bond acceptors (Lipinski definition) is 3. The second kappa shape index (κ2) is 4.49. The summed E-state index contributed by atoms with van der Waals surface area (Å²) in [4.78, 5) is 11.9. The lowest BCUT2D eigenvalue weighted by molar-refractivity contribution is -0.127. The standard InChI is InChI=1S/C11H20N2O2/c1-7(2)4-13-11(14)9-3-8-5-12-6-10(9)15-8/h7-10,12H,3-6H2,1-2H3,(H,13,14)/t8-,9+,10-/m1/s1. The Labute approximate surface area is 90.8 Å². The van der Waals surface area contributed by atoms with E-state index in [4.69, 9.17) is 4.74 Å². The molecule has 0 radical (unpaired) electrons. The third-order valence-corrected chi connectivity index (χ3v) is 3.07. The topological polar surface area (TPSA) is 50.4 Å². The van der Waals surface area contributed by atoms with Crippen LogP contribution in [0.15, 0.2) is 0 Å². The van der Waals surface area contributed by atoms with Crippen LogP contribution < -0.4 is 10.6 Å². The maximum atomic E-state index is 11.9. The quantitative estimate of drug-likeness (QED) is 0.699. The van der Waals surface area contributed by atoms with E-state index in [2.05, 4.69) is 24.5 Å². The zero-order valence-electron chi connectivity index (χ0n) is 9.45. The molecular formula is C11H20N2O2. The molecule has 2 saturated heterocycles. The Hall–Kier alpha value is -0.610. The lowest BCUT2D eigenvalue weighted by Gasteiger charge is -2.22. The Kier molecular flexibility index (Phi) is 3.26. The van der Waals surface area contributed by atoms with Crippen molar-refractivity contribution in [2.75, 3.05) is 19.6 Å². The van der Waals surface area contributed by atoms with Crippen molar-refractivity contribution in [2.45, 2.75) is 32.5 Å².